The van der Waals surface area contributed by atoms with Crippen molar-refractivity contribution in [2.24, 2.45) is 0 Å². The zero-order chi connectivity index (χ0) is 11.8. The molecule has 1 aromatic heterocycles. The van der Waals surface area contributed by atoms with Crippen LogP contribution in [0, 0.1) is 6.92 Å². The molecule has 0 unspecified atom stereocenters. The topological polar surface area (TPSA) is 51.2 Å². The highest BCUT2D eigenvalue weighted by atomic mass is 32.1. The Morgan fingerprint density at radius 1 is 1.69 bits per heavy atom. The first-order valence-corrected chi connectivity index (χ1v) is 5.99. The third-order valence-corrected chi connectivity index (χ3v) is 2.68. The van der Waals surface area contributed by atoms with Crippen LogP contribution in [0.25, 0.3) is 0 Å². The highest BCUT2D eigenvalue weighted by Gasteiger charge is 1.96. The molecular weight excluding hydrogens is 224 g/mol. The van der Waals surface area contributed by atoms with E-state index in [0.29, 0.717) is 13.2 Å². The summed E-state index contributed by atoms with van der Waals surface area (Å²) in [5.41, 5.74) is 0. The van der Waals surface area contributed by atoms with Gasteiger partial charge in [0.05, 0.1) is 11.6 Å². The van der Waals surface area contributed by atoms with Crippen LogP contribution >= 0.6 is 11.3 Å². The monoisotopic (exact) mass is 240 g/mol. The van der Waals surface area contributed by atoms with E-state index in [0.717, 1.165) is 11.6 Å². The number of nitrogens with zero attached hydrogens (tertiary/aromatic N) is 1. The molecule has 0 spiro atoms. The Bertz CT molecular complexity index is 361. The van der Waals surface area contributed by atoms with E-state index >= 15 is 0 Å². The Morgan fingerprint density at radius 3 is 3.12 bits per heavy atom. The van der Waals surface area contributed by atoms with E-state index in [9.17, 15) is 4.79 Å². The van der Waals surface area contributed by atoms with Crippen molar-refractivity contribution in [3.63, 3.8) is 0 Å². The molecule has 0 bridgehead atoms. The molecule has 0 aliphatic heterocycles. The average molecular weight is 240 g/mol. The summed E-state index contributed by atoms with van der Waals surface area (Å²) in [4.78, 5) is 16.3. The van der Waals surface area contributed by atoms with Crippen LogP contribution in [0.4, 0.5) is 0 Å². The van der Waals surface area contributed by atoms with Gasteiger partial charge in [-0.1, -0.05) is 6.08 Å². The molecule has 4 nitrogen and oxygen atoms in total. The number of thiazole rings is 1. The zero-order valence-corrected chi connectivity index (χ0v) is 10.3. The highest BCUT2D eigenvalue weighted by Crippen LogP contribution is 2.10. The molecule has 88 valence electrons. The molecule has 0 atom stereocenters. The molecule has 0 amide bonds. The molecule has 0 saturated heterocycles. The molecule has 1 rings (SSSR count). The van der Waals surface area contributed by atoms with Crippen molar-refractivity contribution in [2.45, 2.75) is 20.4 Å². The molecule has 0 saturated carbocycles. The minimum absolute atomic E-state index is 0.294. The van der Waals surface area contributed by atoms with Crippen LogP contribution in [0.3, 0.4) is 0 Å². The van der Waals surface area contributed by atoms with Crippen LogP contribution in [0.1, 0.15) is 16.8 Å². The van der Waals surface area contributed by atoms with E-state index in [-0.39, 0.29) is 5.97 Å². The van der Waals surface area contributed by atoms with Gasteiger partial charge in [-0.3, -0.25) is 0 Å². The number of rotatable bonds is 6. The number of aryl methyl sites for hydroxylation is 1. The van der Waals surface area contributed by atoms with E-state index < -0.39 is 0 Å². The standard InChI is InChI=1S/C11H16N2O2S/c1-3-15-11(14)5-4-6-12-7-10-8-13-9(2)16-10/h4-5,8,12H,3,6-7H2,1-2H3/b5-4+. The first kappa shape index (κ1) is 12.9. The summed E-state index contributed by atoms with van der Waals surface area (Å²) in [7, 11) is 0. The van der Waals surface area contributed by atoms with Gasteiger partial charge in [0.15, 0.2) is 0 Å². The van der Waals surface area contributed by atoms with Crippen LogP contribution in [0.5, 0.6) is 0 Å². The minimum atomic E-state index is -0.294. The molecule has 0 radical (unpaired) electrons. The van der Waals surface area contributed by atoms with Gasteiger partial charge < -0.3 is 10.1 Å². The van der Waals surface area contributed by atoms with Crippen LogP contribution in [0.15, 0.2) is 18.3 Å². The summed E-state index contributed by atoms with van der Waals surface area (Å²) in [5, 5.41) is 4.26. The summed E-state index contributed by atoms with van der Waals surface area (Å²) < 4.78 is 4.75. The summed E-state index contributed by atoms with van der Waals surface area (Å²) in [6.07, 6.45) is 5.06. The molecule has 0 aliphatic carbocycles. The van der Waals surface area contributed by atoms with Crippen molar-refractivity contribution >= 4 is 17.3 Å². The van der Waals surface area contributed by atoms with Gasteiger partial charge in [-0.2, -0.15) is 0 Å². The third-order valence-electron chi connectivity index (χ3n) is 1.77. The Morgan fingerprint density at radius 2 is 2.50 bits per heavy atom. The van der Waals surface area contributed by atoms with E-state index in [1.807, 2.05) is 13.1 Å². The van der Waals surface area contributed by atoms with Gasteiger partial charge in [-0.05, 0) is 13.8 Å². The molecule has 5 heteroatoms. The van der Waals surface area contributed by atoms with Gasteiger partial charge >= 0.3 is 5.97 Å². The fourth-order valence-electron chi connectivity index (χ4n) is 1.11. The van der Waals surface area contributed by atoms with Gasteiger partial charge in [-0.25, -0.2) is 9.78 Å². The van der Waals surface area contributed by atoms with Gasteiger partial charge in [0.25, 0.3) is 0 Å². The number of hydrogen-bond acceptors (Lipinski definition) is 5. The fraction of sp³-hybridized carbons (Fsp3) is 0.455. The predicted molar refractivity (Wildman–Crippen MR) is 64.3 cm³/mol. The van der Waals surface area contributed by atoms with E-state index in [1.165, 1.54) is 11.0 Å². The maximum absolute atomic E-state index is 10.9. The molecule has 1 N–H and O–H groups in total. The van der Waals surface area contributed by atoms with Gasteiger partial charge in [0.1, 0.15) is 0 Å². The lowest BCUT2D eigenvalue weighted by Crippen LogP contribution is -2.12. The predicted octanol–water partition coefficient (Wildman–Crippen LogP) is 1.66. The molecule has 1 aromatic rings. The molecule has 16 heavy (non-hydrogen) atoms. The number of carbonyl (C=O) groups excluding carboxylic acids is 1. The van der Waals surface area contributed by atoms with Crippen LogP contribution in [0.2, 0.25) is 0 Å². The highest BCUT2D eigenvalue weighted by molar-refractivity contribution is 7.11. The second-order valence-corrected chi connectivity index (χ2v) is 4.45. The van der Waals surface area contributed by atoms with Gasteiger partial charge in [-0.15, -0.1) is 11.3 Å². The van der Waals surface area contributed by atoms with Crippen molar-refractivity contribution in [1.82, 2.24) is 10.3 Å². The maximum Gasteiger partial charge on any atom is 0.330 e. The first-order chi connectivity index (χ1) is 7.72. The minimum Gasteiger partial charge on any atom is -0.463 e. The van der Waals surface area contributed by atoms with Crippen molar-refractivity contribution in [2.75, 3.05) is 13.2 Å². The van der Waals surface area contributed by atoms with Crippen molar-refractivity contribution < 1.29 is 9.53 Å². The van der Waals surface area contributed by atoms with E-state index in [2.05, 4.69) is 10.3 Å². The number of carbonyl (C=O) groups is 1. The van der Waals surface area contributed by atoms with Crippen molar-refractivity contribution in [3.8, 4) is 0 Å². The fourth-order valence-corrected chi connectivity index (χ4v) is 1.88. The lowest BCUT2D eigenvalue weighted by atomic mass is 10.4. The normalized spacial score (nSPS) is 10.9. The molecule has 1 heterocycles. The first-order valence-electron chi connectivity index (χ1n) is 5.17. The number of ether oxygens (including phenoxy) is 1. The number of aromatic nitrogens is 1. The lowest BCUT2D eigenvalue weighted by molar-refractivity contribution is -0.137. The Balaban J connectivity index is 2.14. The van der Waals surface area contributed by atoms with Crippen LogP contribution in [-0.2, 0) is 16.1 Å². The lowest BCUT2D eigenvalue weighted by Gasteiger charge is -1.97. The second kappa shape index (κ2) is 7.14. The molecular formula is C11H16N2O2S. The van der Waals surface area contributed by atoms with E-state index in [1.54, 1.807) is 24.3 Å². The third kappa shape index (κ3) is 5.04. The molecule has 0 aliphatic rings. The number of nitrogens with one attached hydrogen (secondary N) is 1. The largest absolute Gasteiger partial charge is 0.463 e. The maximum atomic E-state index is 10.9. The Hall–Kier alpha value is -1.20. The number of esters is 1. The smallest absolute Gasteiger partial charge is 0.330 e. The quantitative estimate of drug-likeness (QED) is 0.467. The zero-order valence-electron chi connectivity index (χ0n) is 9.53. The summed E-state index contributed by atoms with van der Waals surface area (Å²) in [6, 6.07) is 0. The summed E-state index contributed by atoms with van der Waals surface area (Å²) >= 11 is 1.67. The van der Waals surface area contributed by atoms with Crippen molar-refractivity contribution in [3.05, 3.63) is 28.2 Å². The van der Waals surface area contributed by atoms with Crippen LogP contribution < -0.4 is 5.32 Å². The Kier molecular flexibility index (Phi) is 5.74. The molecule has 0 aromatic carbocycles. The van der Waals surface area contributed by atoms with Gasteiger partial charge in [0.2, 0.25) is 0 Å². The Labute approximate surface area is 99.3 Å². The average Bonchev–Trinajstić information content (AvgIpc) is 2.64. The summed E-state index contributed by atoms with van der Waals surface area (Å²) in [5.74, 6) is -0.294. The SMILES string of the molecule is CCOC(=O)/C=C/CNCc1cnc(C)s1. The van der Waals surface area contributed by atoms with E-state index in [4.69, 9.17) is 4.74 Å². The van der Waals surface area contributed by atoms with Crippen LogP contribution in [-0.4, -0.2) is 24.1 Å². The van der Waals surface area contributed by atoms with Gasteiger partial charge in [0, 0.05) is 30.2 Å². The van der Waals surface area contributed by atoms with Crippen molar-refractivity contribution in [1.29, 1.82) is 0 Å². The number of hydrogen-bond donors (Lipinski definition) is 1. The molecule has 0 fully saturated rings. The second-order valence-electron chi connectivity index (χ2n) is 3.13. The summed E-state index contributed by atoms with van der Waals surface area (Å²) in [6.45, 7) is 5.61.